The fraction of sp³-hybridized carbons (Fsp3) is 0.500. The fourth-order valence-electron chi connectivity index (χ4n) is 2.80. The van der Waals surface area contributed by atoms with Crippen LogP contribution in [0.2, 0.25) is 0 Å². The van der Waals surface area contributed by atoms with Gasteiger partial charge < -0.3 is 15.1 Å². The highest BCUT2D eigenvalue weighted by molar-refractivity contribution is 5.90. The predicted molar refractivity (Wildman–Crippen MR) is 76.8 cm³/mol. The number of aliphatic hydroxyl groups excluding tert-OH is 1. The number of nitro benzene ring substituents is 1. The zero-order valence-corrected chi connectivity index (χ0v) is 11.8. The van der Waals surface area contributed by atoms with Gasteiger partial charge in [0.05, 0.1) is 16.1 Å². The lowest BCUT2D eigenvalue weighted by molar-refractivity contribution is -0.385. The van der Waals surface area contributed by atoms with Gasteiger partial charge in [-0.15, -0.1) is 0 Å². The summed E-state index contributed by atoms with van der Waals surface area (Å²) >= 11 is 0. The lowest BCUT2D eigenvalue weighted by atomic mass is 10.1. The average Bonchev–Trinajstić information content (AvgIpc) is 2.87. The number of carboxylic acid groups (broad SMARTS) is 1. The molecule has 7 heteroatoms. The molecular formula is C14H18N2O5. The Balaban J connectivity index is 2.38. The molecule has 1 aliphatic rings. The smallest absolute Gasteiger partial charge is 0.336 e. The molecule has 114 valence electrons. The van der Waals surface area contributed by atoms with E-state index in [2.05, 4.69) is 0 Å². The van der Waals surface area contributed by atoms with E-state index in [4.69, 9.17) is 10.2 Å². The first-order valence-corrected chi connectivity index (χ1v) is 6.82. The number of carboxylic acids is 1. The molecule has 0 aliphatic carbocycles. The summed E-state index contributed by atoms with van der Waals surface area (Å²) in [5.74, 6) is -0.840. The van der Waals surface area contributed by atoms with Crippen molar-refractivity contribution in [1.82, 2.24) is 0 Å². The third-order valence-corrected chi connectivity index (χ3v) is 3.96. The van der Waals surface area contributed by atoms with Crippen LogP contribution in [-0.4, -0.2) is 40.8 Å². The third-order valence-electron chi connectivity index (χ3n) is 3.96. The molecular weight excluding hydrogens is 276 g/mol. The van der Waals surface area contributed by atoms with Crippen molar-refractivity contribution in [2.75, 3.05) is 24.6 Å². The molecule has 1 heterocycles. The SMILES string of the molecule is Cc1c(N2CCC(CCO)C2)cc(C(=O)O)cc1[N+](=O)[O-]. The molecule has 1 fully saturated rings. The number of aliphatic hydroxyl groups is 1. The number of nitrogens with zero attached hydrogens (tertiary/aromatic N) is 2. The summed E-state index contributed by atoms with van der Waals surface area (Å²) in [6.07, 6.45) is 1.58. The molecule has 2 rings (SSSR count). The van der Waals surface area contributed by atoms with E-state index in [9.17, 15) is 14.9 Å². The molecule has 1 unspecified atom stereocenters. The van der Waals surface area contributed by atoms with Gasteiger partial charge in [-0.05, 0) is 31.7 Å². The van der Waals surface area contributed by atoms with Crippen molar-refractivity contribution in [1.29, 1.82) is 0 Å². The standard InChI is InChI=1S/C14H18N2O5/c1-9-12(15-4-2-10(8-15)3-5-17)6-11(14(18)19)7-13(9)16(20)21/h6-7,10,17H,2-5,8H2,1H3,(H,18,19). The van der Waals surface area contributed by atoms with Crippen molar-refractivity contribution in [2.45, 2.75) is 19.8 Å². The minimum Gasteiger partial charge on any atom is -0.478 e. The van der Waals surface area contributed by atoms with Gasteiger partial charge in [0.15, 0.2) is 0 Å². The first-order chi connectivity index (χ1) is 9.93. The third kappa shape index (κ3) is 3.13. The Labute approximate surface area is 122 Å². The molecule has 1 atom stereocenters. The molecule has 21 heavy (non-hydrogen) atoms. The largest absolute Gasteiger partial charge is 0.478 e. The van der Waals surface area contributed by atoms with Gasteiger partial charge in [-0.1, -0.05) is 0 Å². The number of anilines is 1. The van der Waals surface area contributed by atoms with E-state index in [1.165, 1.54) is 6.07 Å². The van der Waals surface area contributed by atoms with E-state index in [-0.39, 0.29) is 17.9 Å². The summed E-state index contributed by atoms with van der Waals surface area (Å²) in [5.41, 5.74) is 0.833. The van der Waals surface area contributed by atoms with E-state index in [1.54, 1.807) is 6.92 Å². The number of rotatable bonds is 5. The Bertz CT molecular complexity index is 573. The second-order valence-electron chi connectivity index (χ2n) is 5.31. The highest BCUT2D eigenvalue weighted by atomic mass is 16.6. The van der Waals surface area contributed by atoms with Crippen LogP contribution in [0, 0.1) is 23.0 Å². The summed E-state index contributed by atoms with van der Waals surface area (Å²) < 4.78 is 0. The topological polar surface area (TPSA) is 104 Å². The molecule has 7 nitrogen and oxygen atoms in total. The van der Waals surface area contributed by atoms with Crippen molar-refractivity contribution in [3.8, 4) is 0 Å². The van der Waals surface area contributed by atoms with Crippen LogP contribution >= 0.6 is 0 Å². The van der Waals surface area contributed by atoms with Gasteiger partial charge in [0.2, 0.25) is 0 Å². The number of carbonyl (C=O) groups is 1. The van der Waals surface area contributed by atoms with Gasteiger partial charge in [-0.3, -0.25) is 10.1 Å². The van der Waals surface area contributed by atoms with Crippen LogP contribution in [0.1, 0.15) is 28.8 Å². The molecule has 0 aromatic heterocycles. The van der Waals surface area contributed by atoms with Crippen molar-refractivity contribution >= 4 is 17.3 Å². The van der Waals surface area contributed by atoms with Crippen LogP contribution in [0.15, 0.2) is 12.1 Å². The second kappa shape index (κ2) is 6.09. The zero-order chi connectivity index (χ0) is 15.6. The van der Waals surface area contributed by atoms with Gasteiger partial charge in [0.1, 0.15) is 0 Å². The highest BCUT2D eigenvalue weighted by Gasteiger charge is 2.27. The number of aromatic carboxylic acids is 1. The fourth-order valence-corrected chi connectivity index (χ4v) is 2.80. The maximum absolute atomic E-state index is 11.1. The van der Waals surface area contributed by atoms with Gasteiger partial charge in [0, 0.05) is 31.5 Å². The van der Waals surface area contributed by atoms with E-state index in [0.717, 1.165) is 12.5 Å². The van der Waals surface area contributed by atoms with Crippen LogP contribution in [0.5, 0.6) is 0 Å². The Morgan fingerprint density at radius 1 is 1.52 bits per heavy atom. The molecule has 1 aliphatic heterocycles. The predicted octanol–water partition coefficient (Wildman–Crippen LogP) is 1.81. The maximum Gasteiger partial charge on any atom is 0.336 e. The van der Waals surface area contributed by atoms with Gasteiger partial charge in [-0.25, -0.2) is 4.79 Å². The molecule has 0 bridgehead atoms. The number of hydrogen-bond donors (Lipinski definition) is 2. The molecule has 0 amide bonds. The Morgan fingerprint density at radius 3 is 2.81 bits per heavy atom. The van der Waals surface area contributed by atoms with Crippen molar-refractivity contribution in [3.63, 3.8) is 0 Å². The first kappa shape index (κ1) is 15.2. The molecule has 1 aromatic rings. The molecule has 1 aromatic carbocycles. The van der Waals surface area contributed by atoms with E-state index in [1.807, 2.05) is 4.90 Å². The number of nitro groups is 1. The van der Waals surface area contributed by atoms with Crippen molar-refractivity contribution in [3.05, 3.63) is 33.4 Å². The minimum absolute atomic E-state index is 0.0760. The van der Waals surface area contributed by atoms with E-state index < -0.39 is 10.9 Å². The number of hydrogen-bond acceptors (Lipinski definition) is 5. The van der Waals surface area contributed by atoms with E-state index in [0.29, 0.717) is 36.7 Å². The first-order valence-electron chi connectivity index (χ1n) is 6.82. The monoisotopic (exact) mass is 294 g/mol. The lowest BCUT2D eigenvalue weighted by Crippen LogP contribution is -2.21. The molecule has 0 spiro atoms. The number of benzene rings is 1. The molecule has 0 radical (unpaired) electrons. The van der Waals surface area contributed by atoms with Gasteiger partial charge in [0.25, 0.3) is 5.69 Å². The van der Waals surface area contributed by atoms with Gasteiger partial charge >= 0.3 is 5.97 Å². The minimum atomic E-state index is -1.18. The highest BCUT2D eigenvalue weighted by Crippen LogP contribution is 2.34. The van der Waals surface area contributed by atoms with Crippen LogP contribution < -0.4 is 4.90 Å². The Kier molecular flexibility index (Phi) is 4.42. The Hall–Kier alpha value is -2.15. The molecule has 2 N–H and O–H groups in total. The maximum atomic E-state index is 11.1. The van der Waals surface area contributed by atoms with Crippen molar-refractivity contribution < 1.29 is 19.9 Å². The lowest BCUT2D eigenvalue weighted by Gasteiger charge is -2.21. The van der Waals surface area contributed by atoms with Crippen LogP contribution in [0.3, 0.4) is 0 Å². The quantitative estimate of drug-likeness (QED) is 0.634. The summed E-state index contributed by atoms with van der Waals surface area (Å²) in [6, 6.07) is 2.59. The van der Waals surface area contributed by atoms with Crippen LogP contribution in [0.25, 0.3) is 0 Å². The normalized spacial score (nSPS) is 18.0. The second-order valence-corrected chi connectivity index (χ2v) is 5.31. The van der Waals surface area contributed by atoms with Crippen LogP contribution in [-0.2, 0) is 0 Å². The Morgan fingerprint density at radius 2 is 2.24 bits per heavy atom. The summed E-state index contributed by atoms with van der Waals surface area (Å²) in [6.45, 7) is 3.15. The average molecular weight is 294 g/mol. The zero-order valence-electron chi connectivity index (χ0n) is 11.8. The van der Waals surface area contributed by atoms with Crippen LogP contribution in [0.4, 0.5) is 11.4 Å². The van der Waals surface area contributed by atoms with E-state index >= 15 is 0 Å². The summed E-state index contributed by atoms with van der Waals surface area (Å²) in [7, 11) is 0. The van der Waals surface area contributed by atoms with Crippen molar-refractivity contribution in [2.24, 2.45) is 5.92 Å². The summed E-state index contributed by atoms with van der Waals surface area (Å²) in [4.78, 5) is 23.7. The molecule has 1 saturated heterocycles. The molecule has 0 saturated carbocycles. The van der Waals surface area contributed by atoms with Gasteiger partial charge in [-0.2, -0.15) is 0 Å². The summed E-state index contributed by atoms with van der Waals surface area (Å²) in [5, 5.41) is 29.2.